The van der Waals surface area contributed by atoms with Crippen molar-refractivity contribution in [2.45, 2.75) is 49.9 Å². The van der Waals surface area contributed by atoms with E-state index in [4.69, 9.17) is 10.5 Å². The van der Waals surface area contributed by atoms with Crippen LogP contribution >= 0.6 is 0 Å². The highest BCUT2D eigenvalue weighted by molar-refractivity contribution is 5.75. The summed E-state index contributed by atoms with van der Waals surface area (Å²) in [4.78, 5) is 16.7. The average molecular weight is 500 g/mol. The highest BCUT2D eigenvalue weighted by atomic mass is 19.1. The second-order valence-corrected chi connectivity index (χ2v) is 10.1. The highest BCUT2D eigenvalue weighted by Crippen LogP contribution is 2.43. The van der Waals surface area contributed by atoms with E-state index in [0.717, 1.165) is 42.4 Å². The number of hydrogen-bond donors (Lipinski definition) is 3. The van der Waals surface area contributed by atoms with Gasteiger partial charge in [0.2, 0.25) is 0 Å². The van der Waals surface area contributed by atoms with E-state index >= 15 is 0 Å². The van der Waals surface area contributed by atoms with E-state index in [1.807, 2.05) is 24.3 Å². The summed E-state index contributed by atoms with van der Waals surface area (Å²) < 4.78 is 18.9. The minimum absolute atomic E-state index is 0.139. The Kier molecular flexibility index (Phi) is 8.62. The van der Waals surface area contributed by atoms with Crippen molar-refractivity contribution < 1.29 is 24.1 Å². The first-order valence-corrected chi connectivity index (χ1v) is 12.9. The first-order valence-electron chi connectivity index (χ1n) is 12.9. The molecule has 36 heavy (non-hydrogen) atoms. The summed E-state index contributed by atoms with van der Waals surface area (Å²) in [6.07, 6.45) is 2.95. The maximum atomic E-state index is 13.6. The van der Waals surface area contributed by atoms with E-state index in [1.54, 1.807) is 29.0 Å². The van der Waals surface area contributed by atoms with Gasteiger partial charge in [-0.1, -0.05) is 36.4 Å². The van der Waals surface area contributed by atoms with Crippen LogP contribution in [-0.2, 0) is 10.3 Å². The molecule has 196 valence electrons. The Morgan fingerprint density at radius 1 is 1.11 bits per heavy atom. The van der Waals surface area contributed by atoms with Crippen molar-refractivity contribution in [1.29, 1.82) is 0 Å². The number of methoxy groups -OCH3 is 1. The Bertz CT molecular complexity index is 1010. The molecule has 4 N–H and O–H groups in total. The number of ether oxygens (including phenoxy) is 1. The molecular formula is C28H38FN3O4. The Morgan fingerprint density at radius 2 is 1.86 bits per heavy atom. The molecule has 0 saturated carbocycles. The Hall–Kier alpha value is -2.52. The number of halogens is 1. The fraction of sp³-hybridized carbons (Fsp3) is 0.536. The smallest absolute Gasteiger partial charge is 0.320 e. The van der Waals surface area contributed by atoms with Gasteiger partial charge in [0.05, 0.1) is 11.7 Å². The van der Waals surface area contributed by atoms with Crippen LogP contribution in [0, 0.1) is 11.7 Å². The third-order valence-corrected chi connectivity index (χ3v) is 7.68. The molecule has 4 atom stereocenters. The average Bonchev–Trinajstić information content (AvgIpc) is 3.24. The summed E-state index contributed by atoms with van der Waals surface area (Å²) in [6.45, 7) is 2.20. The molecule has 0 radical (unpaired) electrons. The highest BCUT2D eigenvalue weighted by Gasteiger charge is 2.43. The van der Waals surface area contributed by atoms with Gasteiger partial charge in [0.15, 0.2) is 0 Å². The Balaban J connectivity index is 1.63. The number of amides is 2. The number of likely N-dealkylation sites (tertiary alicyclic amines) is 2. The number of β-amino-alcohol motifs (C(OH)–C–C–N with tert-alkyl or cyclic N) is 1. The van der Waals surface area contributed by atoms with Crippen molar-refractivity contribution in [2.24, 2.45) is 11.7 Å². The van der Waals surface area contributed by atoms with Gasteiger partial charge in [-0.2, -0.15) is 0 Å². The maximum Gasteiger partial charge on any atom is 0.320 e. The zero-order valence-corrected chi connectivity index (χ0v) is 21.0. The predicted molar refractivity (Wildman–Crippen MR) is 137 cm³/mol. The second-order valence-electron chi connectivity index (χ2n) is 10.1. The topological polar surface area (TPSA) is 99.3 Å². The molecule has 0 bridgehead atoms. The van der Waals surface area contributed by atoms with E-state index in [9.17, 15) is 19.4 Å². The third kappa shape index (κ3) is 5.72. The van der Waals surface area contributed by atoms with Gasteiger partial charge in [-0.25, -0.2) is 9.18 Å². The second kappa shape index (κ2) is 11.7. The number of piperidine rings is 1. The maximum absolute atomic E-state index is 13.6. The predicted octanol–water partition coefficient (Wildman–Crippen LogP) is 3.33. The van der Waals surface area contributed by atoms with Crippen molar-refractivity contribution in [3.05, 3.63) is 59.9 Å². The van der Waals surface area contributed by atoms with Crippen LogP contribution in [0.4, 0.5) is 9.18 Å². The first kappa shape index (κ1) is 26.5. The normalized spacial score (nSPS) is 24.1. The van der Waals surface area contributed by atoms with E-state index in [2.05, 4.69) is 0 Å². The minimum Gasteiger partial charge on any atom is -0.390 e. The quantitative estimate of drug-likeness (QED) is 0.484. The van der Waals surface area contributed by atoms with Gasteiger partial charge < -0.3 is 30.5 Å². The number of aliphatic hydroxyl groups is 2. The first-order chi connectivity index (χ1) is 17.3. The standard InChI is InChI=1S/C28H38FN3O4/c1-36-16-5-4-14-28(35,24-9-3-2-8-23(24)20-10-12-22(29)13-11-20)21-7-6-15-31(17-21)27(34)32-18-25(30)26(33)19-32/h2-3,8-13,21,25-26,33,35H,4-7,14-19,30H2,1H3/t21?,25-,26+,28+/m1/s1. The number of benzene rings is 2. The summed E-state index contributed by atoms with van der Waals surface area (Å²) in [5.74, 6) is -0.486. The molecule has 2 saturated heterocycles. The number of nitrogens with two attached hydrogens (primary N) is 1. The number of urea groups is 1. The number of aliphatic hydroxyl groups excluding tert-OH is 1. The fourth-order valence-electron chi connectivity index (χ4n) is 5.65. The Labute approximate surface area is 212 Å². The molecule has 0 aromatic heterocycles. The van der Waals surface area contributed by atoms with Crippen molar-refractivity contribution in [2.75, 3.05) is 39.9 Å². The number of hydrogen-bond acceptors (Lipinski definition) is 5. The number of rotatable bonds is 8. The lowest BCUT2D eigenvalue weighted by Gasteiger charge is -2.44. The zero-order valence-electron chi connectivity index (χ0n) is 21.0. The summed E-state index contributed by atoms with van der Waals surface area (Å²) in [5, 5.41) is 22.5. The summed E-state index contributed by atoms with van der Waals surface area (Å²) >= 11 is 0. The van der Waals surface area contributed by atoms with Crippen LogP contribution in [0.1, 0.15) is 37.7 Å². The van der Waals surface area contributed by atoms with E-state index in [-0.39, 0.29) is 24.3 Å². The summed E-state index contributed by atoms with van der Waals surface area (Å²) in [7, 11) is 1.67. The van der Waals surface area contributed by atoms with Crippen LogP contribution in [0.25, 0.3) is 11.1 Å². The van der Waals surface area contributed by atoms with Crippen molar-refractivity contribution in [1.82, 2.24) is 9.80 Å². The third-order valence-electron chi connectivity index (χ3n) is 7.68. The van der Waals surface area contributed by atoms with Crippen LogP contribution in [0.15, 0.2) is 48.5 Å². The molecule has 2 fully saturated rings. The van der Waals surface area contributed by atoms with Crippen LogP contribution < -0.4 is 5.73 Å². The lowest BCUT2D eigenvalue weighted by Crippen LogP contribution is -2.52. The monoisotopic (exact) mass is 499 g/mol. The molecule has 2 aromatic rings. The van der Waals surface area contributed by atoms with E-state index in [1.165, 1.54) is 12.1 Å². The van der Waals surface area contributed by atoms with Crippen LogP contribution in [0.3, 0.4) is 0 Å². The number of carbonyl (C=O) groups is 1. The number of carbonyl (C=O) groups excluding carboxylic acids is 1. The molecule has 2 amide bonds. The van der Waals surface area contributed by atoms with Crippen molar-refractivity contribution >= 4 is 6.03 Å². The molecule has 1 unspecified atom stereocenters. The van der Waals surface area contributed by atoms with Gasteiger partial charge in [-0.15, -0.1) is 0 Å². The SMILES string of the molecule is COCCCC[C@@](O)(c1ccccc1-c1ccc(F)cc1)C1CCCN(C(=O)N2C[C@@H](N)[C@@H](O)C2)C1. The lowest BCUT2D eigenvalue weighted by molar-refractivity contribution is -0.0571. The summed E-state index contributed by atoms with van der Waals surface area (Å²) in [5.41, 5.74) is 7.25. The lowest BCUT2D eigenvalue weighted by atomic mass is 9.72. The van der Waals surface area contributed by atoms with Gasteiger partial charge in [0, 0.05) is 51.9 Å². The number of nitrogens with zero attached hydrogens (tertiary/aromatic N) is 2. The molecule has 2 aromatic carbocycles. The van der Waals surface area contributed by atoms with E-state index < -0.39 is 17.7 Å². The molecule has 2 heterocycles. The fourth-order valence-corrected chi connectivity index (χ4v) is 5.65. The zero-order chi connectivity index (χ0) is 25.7. The van der Waals surface area contributed by atoms with Gasteiger partial charge in [-0.3, -0.25) is 0 Å². The minimum atomic E-state index is -1.18. The van der Waals surface area contributed by atoms with Gasteiger partial charge in [0.1, 0.15) is 5.82 Å². The molecule has 7 nitrogen and oxygen atoms in total. The van der Waals surface area contributed by atoms with Gasteiger partial charge in [0.25, 0.3) is 0 Å². The molecular weight excluding hydrogens is 461 g/mol. The molecule has 0 spiro atoms. The summed E-state index contributed by atoms with van der Waals surface area (Å²) in [6, 6.07) is 13.5. The molecule has 4 rings (SSSR count). The van der Waals surface area contributed by atoms with Gasteiger partial charge >= 0.3 is 6.03 Å². The van der Waals surface area contributed by atoms with Crippen LogP contribution in [0.5, 0.6) is 0 Å². The van der Waals surface area contributed by atoms with Gasteiger partial charge in [-0.05, 0) is 60.9 Å². The van der Waals surface area contributed by atoms with E-state index in [0.29, 0.717) is 32.7 Å². The molecule has 8 heteroatoms. The largest absolute Gasteiger partial charge is 0.390 e. The van der Waals surface area contributed by atoms with Crippen molar-refractivity contribution in [3.8, 4) is 11.1 Å². The number of unbranched alkanes of at least 4 members (excludes halogenated alkanes) is 1. The van der Waals surface area contributed by atoms with Crippen LogP contribution in [-0.4, -0.2) is 78.1 Å². The Morgan fingerprint density at radius 3 is 2.56 bits per heavy atom. The molecule has 2 aliphatic rings. The van der Waals surface area contributed by atoms with Crippen molar-refractivity contribution in [3.63, 3.8) is 0 Å². The molecule has 0 aliphatic carbocycles. The molecule has 2 aliphatic heterocycles. The van der Waals surface area contributed by atoms with Crippen LogP contribution in [0.2, 0.25) is 0 Å².